The molecule has 1 saturated heterocycles. The second-order valence-electron chi connectivity index (χ2n) is 5.75. The SMILES string of the molecule is CC1CNC(C)(C)CN1Cc1ccc(F)cc1F. The summed E-state index contributed by atoms with van der Waals surface area (Å²) < 4.78 is 26.5. The molecule has 1 aromatic rings. The fourth-order valence-corrected chi connectivity index (χ4v) is 2.35. The smallest absolute Gasteiger partial charge is 0.130 e. The molecule has 1 aliphatic rings. The van der Waals surface area contributed by atoms with E-state index < -0.39 is 11.6 Å². The first-order valence-corrected chi connectivity index (χ1v) is 6.30. The number of rotatable bonds is 2. The van der Waals surface area contributed by atoms with Gasteiger partial charge in [0.15, 0.2) is 0 Å². The number of halogens is 2. The van der Waals surface area contributed by atoms with Crippen molar-refractivity contribution in [2.45, 2.75) is 38.9 Å². The van der Waals surface area contributed by atoms with E-state index in [4.69, 9.17) is 0 Å². The summed E-state index contributed by atoms with van der Waals surface area (Å²) in [6.07, 6.45) is 0. The van der Waals surface area contributed by atoms with Gasteiger partial charge in [-0.2, -0.15) is 0 Å². The predicted molar refractivity (Wildman–Crippen MR) is 68.3 cm³/mol. The molecule has 2 rings (SSSR count). The Morgan fingerprint density at radius 2 is 2.11 bits per heavy atom. The largest absolute Gasteiger partial charge is 0.309 e. The monoisotopic (exact) mass is 254 g/mol. The molecule has 1 atom stereocenters. The normalized spacial score (nSPS) is 24.2. The summed E-state index contributed by atoms with van der Waals surface area (Å²) in [6.45, 7) is 8.64. The first-order valence-electron chi connectivity index (χ1n) is 6.30. The summed E-state index contributed by atoms with van der Waals surface area (Å²) in [7, 11) is 0. The third-order valence-electron chi connectivity index (χ3n) is 3.49. The molecule has 1 unspecified atom stereocenters. The van der Waals surface area contributed by atoms with Crippen LogP contribution in [-0.4, -0.2) is 29.6 Å². The van der Waals surface area contributed by atoms with Crippen LogP contribution in [0.3, 0.4) is 0 Å². The minimum Gasteiger partial charge on any atom is -0.309 e. The summed E-state index contributed by atoms with van der Waals surface area (Å²) in [5, 5.41) is 3.45. The van der Waals surface area contributed by atoms with E-state index in [0.29, 0.717) is 18.2 Å². The average molecular weight is 254 g/mol. The maximum absolute atomic E-state index is 13.6. The highest BCUT2D eigenvalue weighted by molar-refractivity contribution is 5.18. The average Bonchev–Trinajstić information content (AvgIpc) is 2.27. The summed E-state index contributed by atoms with van der Waals surface area (Å²) in [6, 6.07) is 4.15. The van der Waals surface area contributed by atoms with Gasteiger partial charge in [-0.15, -0.1) is 0 Å². The molecule has 0 bridgehead atoms. The van der Waals surface area contributed by atoms with E-state index in [1.807, 2.05) is 0 Å². The molecule has 1 heterocycles. The summed E-state index contributed by atoms with van der Waals surface area (Å²) in [5.74, 6) is -0.983. The molecule has 100 valence electrons. The molecule has 1 fully saturated rings. The Balaban J connectivity index is 2.12. The van der Waals surface area contributed by atoms with Gasteiger partial charge in [0.05, 0.1) is 0 Å². The van der Waals surface area contributed by atoms with Crippen molar-refractivity contribution in [3.63, 3.8) is 0 Å². The first kappa shape index (κ1) is 13.4. The fourth-order valence-electron chi connectivity index (χ4n) is 2.35. The van der Waals surface area contributed by atoms with Gasteiger partial charge in [0.2, 0.25) is 0 Å². The Kier molecular flexibility index (Phi) is 3.69. The van der Waals surface area contributed by atoms with Crippen LogP contribution >= 0.6 is 0 Å². The van der Waals surface area contributed by atoms with Gasteiger partial charge < -0.3 is 5.32 Å². The van der Waals surface area contributed by atoms with Crippen LogP contribution in [0.15, 0.2) is 18.2 Å². The molecule has 0 amide bonds. The number of hydrogen-bond acceptors (Lipinski definition) is 2. The fraction of sp³-hybridized carbons (Fsp3) is 0.571. The zero-order valence-corrected chi connectivity index (χ0v) is 11.1. The van der Waals surface area contributed by atoms with Crippen LogP contribution in [0.25, 0.3) is 0 Å². The van der Waals surface area contributed by atoms with E-state index in [2.05, 4.69) is 31.0 Å². The molecular formula is C14H20F2N2. The molecule has 18 heavy (non-hydrogen) atoms. The lowest BCUT2D eigenvalue weighted by Gasteiger charge is -2.43. The summed E-state index contributed by atoms with van der Waals surface area (Å²) in [5.41, 5.74) is 0.587. The quantitative estimate of drug-likeness (QED) is 0.872. The number of piperazine rings is 1. The van der Waals surface area contributed by atoms with E-state index in [9.17, 15) is 8.78 Å². The van der Waals surface area contributed by atoms with Crippen LogP contribution in [0.2, 0.25) is 0 Å². The highest BCUT2D eigenvalue weighted by atomic mass is 19.1. The van der Waals surface area contributed by atoms with Crippen molar-refractivity contribution in [2.75, 3.05) is 13.1 Å². The van der Waals surface area contributed by atoms with Gasteiger partial charge in [-0.3, -0.25) is 4.90 Å². The highest BCUT2D eigenvalue weighted by Crippen LogP contribution is 2.19. The molecule has 1 aliphatic heterocycles. The molecule has 0 aliphatic carbocycles. The van der Waals surface area contributed by atoms with Gasteiger partial charge in [-0.25, -0.2) is 8.78 Å². The number of nitrogens with one attached hydrogen (secondary N) is 1. The van der Waals surface area contributed by atoms with Gasteiger partial charge in [0, 0.05) is 42.8 Å². The molecule has 4 heteroatoms. The van der Waals surface area contributed by atoms with Gasteiger partial charge >= 0.3 is 0 Å². The van der Waals surface area contributed by atoms with Crippen molar-refractivity contribution >= 4 is 0 Å². The molecular weight excluding hydrogens is 234 g/mol. The molecule has 2 nitrogen and oxygen atoms in total. The number of benzene rings is 1. The standard InChI is InChI=1S/C14H20F2N2/c1-10-7-17-14(2,3)9-18(10)8-11-4-5-12(15)6-13(11)16/h4-6,10,17H,7-9H2,1-3H3. The van der Waals surface area contributed by atoms with Crippen molar-refractivity contribution in [3.05, 3.63) is 35.4 Å². The summed E-state index contributed by atoms with van der Waals surface area (Å²) >= 11 is 0. The Morgan fingerprint density at radius 3 is 2.78 bits per heavy atom. The third kappa shape index (κ3) is 3.06. The van der Waals surface area contributed by atoms with Crippen LogP contribution in [0, 0.1) is 11.6 Å². The van der Waals surface area contributed by atoms with Gasteiger partial charge in [-0.1, -0.05) is 6.07 Å². The van der Waals surface area contributed by atoms with Gasteiger partial charge in [-0.05, 0) is 26.8 Å². The van der Waals surface area contributed by atoms with Crippen LogP contribution in [0.5, 0.6) is 0 Å². The van der Waals surface area contributed by atoms with Crippen molar-refractivity contribution in [1.29, 1.82) is 0 Å². The van der Waals surface area contributed by atoms with E-state index in [1.54, 1.807) is 0 Å². The Labute approximate surface area is 107 Å². The van der Waals surface area contributed by atoms with Gasteiger partial charge in [0.25, 0.3) is 0 Å². The molecule has 0 spiro atoms. The maximum atomic E-state index is 13.6. The van der Waals surface area contributed by atoms with E-state index in [1.165, 1.54) is 12.1 Å². The number of nitrogens with zero attached hydrogens (tertiary/aromatic N) is 1. The van der Waals surface area contributed by atoms with Crippen molar-refractivity contribution < 1.29 is 8.78 Å². The minimum absolute atomic E-state index is 0.0308. The van der Waals surface area contributed by atoms with E-state index >= 15 is 0 Å². The van der Waals surface area contributed by atoms with Crippen LogP contribution in [0.1, 0.15) is 26.3 Å². The third-order valence-corrected chi connectivity index (χ3v) is 3.49. The second kappa shape index (κ2) is 4.94. The lowest BCUT2D eigenvalue weighted by atomic mass is 9.98. The molecule has 0 radical (unpaired) electrons. The van der Waals surface area contributed by atoms with Crippen molar-refractivity contribution in [3.8, 4) is 0 Å². The lowest BCUT2D eigenvalue weighted by Crippen LogP contribution is -2.60. The number of hydrogen-bond donors (Lipinski definition) is 1. The van der Waals surface area contributed by atoms with Crippen LogP contribution in [-0.2, 0) is 6.54 Å². The summed E-state index contributed by atoms with van der Waals surface area (Å²) in [4.78, 5) is 2.23. The highest BCUT2D eigenvalue weighted by Gasteiger charge is 2.30. The zero-order chi connectivity index (χ0) is 13.3. The lowest BCUT2D eigenvalue weighted by molar-refractivity contribution is 0.0966. The van der Waals surface area contributed by atoms with Crippen molar-refractivity contribution in [1.82, 2.24) is 10.2 Å². The Bertz CT molecular complexity index is 432. The molecule has 1 N–H and O–H groups in total. The first-order chi connectivity index (χ1) is 8.37. The van der Waals surface area contributed by atoms with Gasteiger partial charge in [0.1, 0.15) is 11.6 Å². The Hall–Kier alpha value is -1.00. The molecule has 1 aromatic carbocycles. The van der Waals surface area contributed by atoms with Crippen molar-refractivity contribution in [2.24, 2.45) is 0 Å². The topological polar surface area (TPSA) is 15.3 Å². The molecule has 0 saturated carbocycles. The maximum Gasteiger partial charge on any atom is 0.130 e. The van der Waals surface area contributed by atoms with Crippen LogP contribution in [0.4, 0.5) is 8.78 Å². The second-order valence-corrected chi connectivity index (χ2v) is 5.75. The van der Waals surface area contributed by atoms with E-state index in [0.717, 1.165) is 19.2 Å². The van der Waals surface area contributed by atoms with E-state index in [-0.39, 0.29) is 5.54 Å². The Morgan fingerprint density at radius 1 is 1.39 bits per heavy atom. The molecule has 0 aromatic heterocycles. The zero-order valence-electron chi connectivity index (χ0n) is 11.1. The van der Waals surface area contributed by atoms with Crippen LogP contribution < -0.4 is 5.32 Å². The predicted octanol–water partition coefficient (Wildman–Crippen LogP) is 2.54. The minimum atomic E-state index is -0.523.